The average molecular weight is 263 g/mol. The Labute approximate surface area is 108 Å². The molecule has 6 nitrogen and oxygen atoms in total. The molecule has 2 aromatic rings. The van der Waals surface area contributed by atoms with Crippen LogP contribution in [0.5, 0.6) is 0 Å². The van der Waals surface area contributed by atoms with E-state index in [4.69, 9.17) is 5.73 Å². The van der Waals surface area contributed by atoms with E-state index in [1.165, 1.54) is 4.90 Å². The zero-order valence-corrected chi connectivity index (χ0v) is 10.4. The van der Waals surface area contributed by atoms with Gasteiger partial charge in [-0.1, -0.05) is 18.2 Å². The molecule has 0 bridgehead atoms. The number of amides is 1. The summed E-state index contributed by atoms with van der Waals surface area (Å²) in [6.45, 7) is 0.555. The van der Waals surface area contributed by atoms with Crippen LogP contribution in [0.4, 0.5) is 5.95 Å². The Morgan fingerprint density at radius 1 is 1.39 bits per heavy atom. The van der Waals surface area contributed by atoms with Crippen LogP contribution < -0.4 is 11.1 Å². The molecule has 94 valence electrons. The van der Waals surface area contributed by atoms with Gasteiger partial charge in [0.15, 0.2) is 0 Å². The molecule has 1 heterocycles. The van der Waals surface area contributed by atoms with Crippen molar-refractivity contribution in [3.05, 3.63) is 36.2 Å². The fraction of sp³-hybridized carbons (Fsp3) is 0.182. The Bertz CT molecular complexity index is 513. The van der Waals surface area contributed by atoms with Crippen LogP contribution in [0.25, 0.3) is 0 Å². The van der Waals surface area contributed by atoms with Crippen molar-refractivity contribution in [1.29, 1.82) is 0 Å². The molecule has 18 heavy (non-hydrogen) atoms. The zero-order chi connectivity index (χ0) is 12.8. The van der Waals surface area contributed by atoms with Gasteiger partial charge in [0, 0.05) is 17.2 Å². The van der Waals surface area contributed by atoms with Gasteiger partial charge < -0.3 is 11.1 Å². The Morgan fingerprint density at radius 2 is 2.17 bits per heavy atom. The molecule has 0 aliphatic heterocycles. The van der Waals surface area contributed by atoms with Crippen LogP contribution in [-0.4, -0.2) is 33.4 Å². The second-order valence-corrected chi connectivity index (χ2v) is 4.63. The van der Waals surface area contributed by atoms with Gasteiger partial charge in [-0.25, -0.2) is 0 Å². The molecule has 1 aromatic carbocycles. The number of nitrogens with zero attached hydrogens (tertiary/aromatic N) is 2. The molecular weight excluding hydrogens is 250 g/mol. The number of aromatic amines is 1. The Kier molecular flexibility index (Phi) is 4.19. The van der Waals surface area contributed by atoms with Crippen molar-refractivity contribution >= 4 is 23.6 Å². The Morgan fingerprint density at radius 3 is 2.83 bits per heavy atom. The number of nitrogens with one attached hydrogen (secondary N) is 2. The monoisotopic (exact) mass is 263 g/mol. The van der Waals surface area contributed by atoms with Gasteiger partial charge in [-0.05, 0) is 12.1 Å². The largest absolute Gasteiger partial charge is 0.366 e. The fourth-order valence-electron chi connectivity index (χ4n) is 1.31. The standard InChI is InChI=1S/C11H13N5OS/c12-11-14-9(15-16-11)10(17)13-6-7-18-8-4-2-1-3-5-8/h1-5H,6-7H2,(H,13,17)(H3,12,14,15,16). The molecule has 0 unspecified atom stereocenters. The maximum absolute atomic E-state index is 11.6. The summed E-state index contributed by atoms with van der Waals surface area (Å²) in [5.74, 6) is 0.697. The van der Waals surface area contributed by atoms with Crippen LogP contribution in [0.15, 0.2) is 35.2 Å². The van der Waals surface area contributed by atoms with Crippen molar-refractivity contribution in [2.24, 2.45) is 0 Å². The van der Waals surface area contributed by atoms with E-state index in [1.807, 2.05) is 30.3 Å². The van der Waals surface area contributed by atoms with Crippen molar-refractivity contribution in [3.63, 3.8) is 0 Å². The van der Waals surface area contributed by atoms with Crippen molar-refractivity contribution in [3.8, 4) is 0 Å². The molecule has 1 amide bonds. The molecule has 0 aliphatic carbocycles. The van der Waals surface area contributed by atoms with E-state index in [9.17, 15) is 4.79 Å². The van der Waals surface area contributed by atoms with E-state index in [0.717, 1.165) is 5.75 Å². The third-order valence-electron chi connectivity index (χ3n) is 2.12. The number of carbonyl (C=O) groups is 1. The lowest BCUT2D eigenvalue weighted by molar-refractivity contribution is 0.0946. The highest BCUT2D eigenvalue weighted by atomic mass is 32.2. The number of thioether (sulfide) groups is 1. The lowest BCUT2D eigenvalue weighted by Gasteiger charge is -2.02. The van der Waals surface area contributed by atoms with Crippen molar-refractivity contribution in [2.75, 3.05) is 18.0 Å². The van der Waals surface area contributed by atoms with E-state index in [2.05, 4.69) is 20.5 Å². The maximum atomic E-state index is 11.6. The van der Waals surface area contributed by atoms with Crippen LogP contribution in [0.3, 0.4) is 0 Å². The van der Waals surface area contributed by atoms with E-state index in [-0.39, 0.29) is 17.7 Å². The predicted octanol–water partition coefficient (Wildman–Crippen LogP) is 0.909. The second kappa shape index (κ2) is 6.06. The molecule has 4 N–H and O–H groups in total. The fourth-order valence-corrected chi connectivity index (χ4v) is 2.10. The summed E-state index contributed by atoms with van der Waals surface area (Å²) in [6, 6.07) is 10.0. The third-order valence-corrected chi connectivity index (χ3v) is 3.13. The van der Waals surface area contributed by atoms with Crippen LogP contribution >= 0.6 is 11.8 Å². The molecule has 0 saturated heterocycles. The number of aromatic nitrogens is 3. The number of benzene rings is 1. The zero-order valence-electron chi connectivity index (χ0n) is 9.59. The van der Waals surface area contributed by atoms with E-state index < -0.39 is 0 Å². The van der Waals surface area contributed by atoms with Gasteiger partial charge in [-0.2, -0.15) is 4.98 Å². The van der Waals surface area contributed by atoms with Gasteiger partial charge in [0.1, 0.15) is 0 Å². The molecule has 0 radical (unpaired) electrons. The number of nitrogens with two attached hydrogens (primary N) is 1. The Hall–Kier alpha value is -2.02. The van der Waals surface area contributed by atoms with Crippen LogP contribution in [-0.2, 0) is 0 Å². The molecule has 1 aromatic heterocycles. The van der Waals surface area contributed by atoms with Crippen molar-refractivity contribution in [2.45, 2.75) is 4.90 Å². The lowest BCUT2D eigenvalue weighted by Crippen LogP contribution is -2.26. The number of anilines is 1. The number of carbonyl (C=O) groups excluding carboxylic acids is 1. The molecule has 0 atom stereocenters. The smallest absolute Gasteiger partial charge is 0.288 e. The van der Waals surface area contributed by atoms with Crippen LogP contribution in [0, 0.1) is 0 Å². The van der Waals surface area contributed by atoms with E-state index in [1.54, 1.807) is 11.8 Å². The van der Waals surface area contributed by atoms with Crippen LogP contribution in [0.1, 0.15) is 10.6 Å². The molecule has 7 heteroatoms. The first-order valence-electron chi connectivity index (χ1n) is 5.39. The SMILES string of the molecule is Nc1n[nH]c(C(=O)NCCSc2ccccc2)n1. The summed E-state index contributed by atoms with van der Waals surface area (Å²) in [7, 11) is 0. The topological polar surface area (TPSA) is 96.7 Å². The molecule has 0 spiro atoms. The van der Waals surface area contributed by atoms with Gasteiger partial charge in [0.25, 0.3) is 5.91 Å². The number of hydrogen-bond acceptors (Lipinski definition) is 5. The summed E-state index contributed by atoms with van der Waals surface area (Å²) in [5.41, 5.74) is 5.31. The summed E-state index contributed by atoms with van der Waals surface area (Å²) >= 11 is 1.68. The summed E-state index contributed by atoms with van der Waals surface area (Å²) in [5, 5.41) is 8.78. The molecule has 0 saturated carbocycles. The minimum atomic E-state index is -0.298. The summed E-state index contributed by atoms with van der Waals surface area (Å²) < 4.78 is 0. The number of hydrogen-bond donors (Lipinski definition) is 3. The summed E-state index contributed by atoms with van der Waals surface area (Å²) in [4.78, 5) is 16.5. The molecule has 0 aliphatic rings. The molecular formula is C11H13N5OS. The van der Waals surface area contributed by atoms with Gasteiger partial charge in [0.2, 0.25) is 11.8 Å². The first-order chi connectivity index (χ1) is 8.75. The average Bonchev–Trinajstić information content (AvgIpc) is 2.82. The van der Waals surface area contributed by atoms with Gasteiger partial charge in [0.05, 0.1) is 0 Å². The number of rotatable bonds is 5. The first kappa shape index (κ1) is 12.4. The molecule has 0 fully saturated rings. The quantitative estimate of drug-likeness (QED) is 0.550. The number of H-pyrrole nitrogens is 1. The summed E-state index contributed by atoms with van der Waals surface area (Å²) in [6.07, 6.45) is 0. The van der Waals surface area contributed by atoms with Crippen molar-refractivity contribution < 1.29 is 4.79 Å². The van der Waals surface area contributed by atoms with Gasteiger partial charge in [-0.3, -0.25) is 9.89 Å². The molecule has 2 rings (SSSR count). The van der Waals surface area contributed by atoms with Gasteiger partial charge >= 0.3 is 0 Å². The van der Waals surface area contributed by atoms with Crippen molar-refractivity contribution in [1.82, 2.24) is 20.5 Å². The highest BCUT2D eigenvalue weighted by molar-refractivity contribution is 7.99. The number of nitrogen functional groups attached to an aromatic ring is 1. The maximum Gasteiger partial charge on any atom is 0.288 e. The van der Waals surface area contributed by atoms with E-state index >= 15 is 0 Å². The second-order valence-electron chi connectivity index (χ2n) is 3.46. The lowest BCUT2D eigenvalue weighted by atomic mass is 10.4. The van der Waals surface area contributed by atoms with Crippen LogP contribution in [0.2, 0.25) is 0 Å². The highest BCUT2D eigenvalue weighted by Gasteiger charge is 2.09. The van der Waals surface area contributed by atoms with Gasteiger partial charge in [-0.15, -0.1) is 16.9 Å². The normalized spacial score (nSPS) is 10.2. The first-order valence-corrected chi connectivity index (χ1v) is 6.38. The Balaban J connectivity index is 1.71. The third kappa shape index (κ3) is 3.49. The highest BCUT2D eigenvalue weighted by Crippen LogP contribution is 2.15. The minimum absolute atomic E-state index is 0.0683. The minimum Gasteiger partial charge on any atom is -0.366 e. The predicted molar refractivity (Wildman–Crippen MR) is 70.3 cm³/mol. The van der Waals surface area contributed by atoms with E-state index in [0.29, 0.717) is 6.54 Å².